The molecule has 3 rings (SSSR count). The number of hydrogen-bond donors (Lipinski definition) is 2. The molecule has 2 N–H and O–H groups in total. The van der Waals surface area contributed by atoms with Crippen molar-refractivity contribution in [3.05, 3.63) is 34.8 Å². The number of aromatic nitrogens is 1. The van der Waals surface area contributed by atoms with Gasteiger partial charge in [0, 0.05) is 56.7 Å². The fourth-order valence-electron chi connectivity index (χ4n) is 3.17. The number of ether oxygens (including phenoxy) is 2. The maximum Gasteiger partial charge on any atom is 0.191 e. The van der Waals surface area contributed by atoms with E-state index < -0.39 is 0 Å². The van der Waals surface area contributed by atoms with E-state index in [9.17, 15) is 0 Å². The lowest BCUT2D eigenvalue weighted by molar-refractivity contribution is 0.390. The molecule has 2 heterocycles. The smallest absolute Gasteiger partial charge is 0.191 e. The molecule has 0 radical (unpaired) electrons. The predicted molar refractivity (Wildman–Crippen MR) is 115 cm³/mol. The summed E-state index contributed by atoms with van der Waals surface area (Å²) in [4.78, 5) is 11.4. The topological polar surface area (TPSA) is 71.0 Å². The van der Waals surface area contributed by atoms with Gasteiger partial charge in [-0.1, -0.05) is 0 Å². The van der Waals surface area contributed by atoms with Crippen LogP contribution in [0.4, 0.5) is 5.13 Å². The van der Waals surface area contributed by atoms with Crippen molar-refractivity contribution < 1.29 is 9.47 Å². The van der Waals surface area contributed by atoms with Gasteiger partial charge in [0.25, 0.3) is 0 Å². The highest BCUT2D eigenvalue weighted by molar-refractivity contribution is 7.13. The van der Waals surface area contributed by atoms with Gasteiger partial charge in [-0.15, -0.1) is 11.3 Å². The number of hydrogen-bond acceptors (Lipinski definition) is 6. The van der Waals surface area contributed by atoms with Gasteiger partial charge in [0.2, 0.25) is 0 Å². The number of rotatable bonds is 8. The lowest BCUT2D eigenvalue weighted by atomic mass is 10.2. The van der Waals surface area contributed by atoms with Crippen LogP contribution >= 0.6 is 11.3 Å². The molecule has 0 bridgehead atoms. The average Bonchev–Trinajstić information content (AvgIpc) is 3.42. The molecule has 1 saturated heterocycles. The van der Waals surface area contributed by atoms with Crippen LogP contribution in [-0.4, -0.2) is 51.8 Å². The standard InChI is InChI=1S/C20H29N5O2S/c1-21-19(23-13-15-6-7-17(26-2)12-18(15)27-3)22-9-8-16-14-28-20(24-16)25-10-4-5-11-25/h6-7,12,14H,4-5,8-11,13H2,1-3H3,(H2,21,22,23). The minimum Gasteiger partial charge on any atom is -0.497 e. The van der Waals surface area contributed by atoms with Crippen LogP contribution in [0.15, 0.2) is 28.6 Å². The molecule has 1 aliphatic heterocycles. The van der Waals surface area contributed by atoms with Crippen LogP contribution < -0.4 is 25.0 Å². The minimum atomic E-state index is 0.614. The summed E-state index contributed by atoms with van der Waals surface area (Å²) in [6.07, 6.45) is 3.42. The van der Waals surface area contributed by atoms with E-state index in [2.05, 4.69) is 25.9 Å². The van der Waals surface area contributed by atoms with E-state index in [1.807, 2.05) is 18.2 Å². The summed E-state index contributed by atoms with van der Waals surface area (Å²) in [6.45, 7) is 3.67. The summed E-state index contributed by atoms with van der Waals surface area (Å²) in [6, 6.07) is 5.80. The van der Waals surface area contributed by atoms with E-state index in [1.54, 1.807) is 32.6 Å². The molecule has 2 aromatic rings. The summed E-state index contributed by atoms with van der Waals surface area (Å²) in [7, 11) is 5.08. The molecule has 1 aromatic carbocycles. The Hall–Kier alpha value is -2.48. The van der Waals surface area contributed by atoms with Crippen molar-refractivity contribution in [2.75, 3.05) is 45.8 Å². The fourth-order valence-corrected chi connectivity index (χ4v) is 4.08. The van der Waals surface area contributed by atoms with Gasteiger partial charge in [0.05, 0.1) is 19.9 Å². The van der Waals surface area contributed by atoms with Crippen LogP contribution in [-0.2, 0) is 13.0 Å². The van der Waals surface area contributed by atoms with E-state index >= 15 is 0 Å². The van der Waals surface area contributed by atoms with E-state index in [-0.39, 0.29) is 0 Å². The molecule has 1 aromatic heterocycles. The number of guanidine groups is 1. The number of thiazole rings is 1. The van der Waals surface area contributed by atoms with E-state index in [0.29, 0.717) is 6.54 Å². The maximum atomic E-state index is 5.45. The van der Waals surface area contributed by atoms with Crippen molar-refractivity contribution in [2.24, 2.45) is 4.99 Å². The normalized spacial score (nSPS) is 14.2. The molecule has 0 atom stereocenters. The Morgan fingerprint density at radius 1 is 1.21 bits per heavy atom. The largest absolute Gasteiger partial charge is 0.497 e. The zero-order chi connectivity index (χ0) is 19.8. The predicted octanol–water partition coefficient (Wildman–Crippen LogP) is 2.67. The number of nitrogens with one attached hydrogen (secondary N) is 2. The molecule has 152 valence electrons. The zero-order valence-electron chi connectivity index (χ0n) is 16.8. The lowest BCUT2D eigenvalue weighted by Crippen LogP contribution is -2.38. The SMILES string of the molecule is CN=C(NCCc1csc(N2CCCC2)n1)NCc1ccc(OC)cc1OC. The molecule has 0 saturated carbocycles. The third-order valence-electron chi connectivity index (χ3n) is 4.75. The van der Waals surface area contributed by atoms with Crippen molar-refractivity contribution in [3.63, 3.8) is 0 Å². The van der Waals surface area contributed by atoms with Crippen molar-refractivity contribution in [3.8, 4) is 11.5 Å². The average molecular weight is 404 g/mol. The van der Waals surface area contributed by atoms with Crippen molar-refractivity contribution in [1.82, 2.24) is 15.6 Å². The Labute approximate surface area is 170 Å². The van der Waals surface area contributed by atoms with Crippen LogP contribution in [0.25, 0.3) is 0 Å². The highest BCUT2D eigenvalue weighted by atomic mass is 32.1. The Balaban J connectivity index is 1.46. The quantitative estimate of drug-likeness (QED) is 0.522. The third-order valence-corrected chi connectivity index (χ3v) is 5.70. The van der Waals surface area contributed by atoms with Gasteiger partial charge < -0.3 is 25.0 Å². The molecule has 0 spiro atoms. The molecule has 1 fully saturated rings. The Morgan fingerprint density at radius 2 is 2.04 bits per heavy atom. The summed E-state index contributed by atoms with van der Waals surface area (Å²) >= 11 is 1.74. The highest BCUT2D eigenvalue weighted by Gasteiger charge is 2.15. The summed E-state index contributed by atoms with van der Waals surface area (Å²) < 4.78 is 10.7. The minimum absolute atomic E-state index is 0.614. The van der Waals surface area contributed by atoms with Gasteiger partial charge in [0.1, 0.15) is 11.5 Å². The summed E-state index contributed by atoms with van der Waals surface area (Å²) in [5.41, 5.74) is 2.17. The van der Waals surface area contributed by atoms with Crippen LogP contribution in [0.2, 0.25) is 0 Å². The second kappa shape index (κ2) is 10.2. The summed E-state index contributed by atoms with van der Waals surface area (Å²) in [5.74, 6) is 2.33. The first-order chi connectivity index (χ1) is 13.7. The van der Waals surface area contributed by atoms with Crippen LogP contribution in [0.3, 0.4) is 0 Å². The second-order valence-corrected chi connectivity index (χ2v) is 7.43. The molecule has 0 aliphatic carbocycles. The zero-order valence-corrected chi connectivity index (χ0v) is 17.6. The Kier molecular flexibility index (Phi) is 7.36. The van der Waals surface area contributed by atoms with Crippen molar-refractivity contribution >= 4 is 22.4 Å². The van der Waals surface area contributed by atoms with Gasteiger partial charge in [-0.3, -0.25) is 4.99 Å². The van der Waals surface area contributed by atoms with Crippen LogP contribution in [0.5, 0.6) is 11.5 Å². The molecular weight excluding hydrogens is 374 g/mol. The highest BCUT2D eigenvalue weighted by Crippen LogP contribution is 2.25. The molecular formula is C20H29N5O2S. The molecule has 8 heteroatoms. The van der Waals surface area contributed by atoms with Gasteiger partial charge in [-0.25, -0.2) is 4.98 Å². The van der Waals surface area contributed by atoms with Gasteiger partial charge in [-0.05, 0) is 25.0 Å². The third kappa shape index (κ3) is 5.28. The second-order valence-electron chi connectivity index (χ2n) is 6.60. The van der Waals surface area contributed by atoms with E-state index in [1.165, 1.54) is 12.8 Å². The monoisotopic (exact) mass is 403 g/mol. The number of anilines is 1. The van der Waals surface area contributed by atoms with Gasteiger partial charge in [-0.2, -0.15) is 0 Å². The van der Waals surface area contributed by atoms with Crippen molar-refractivity contribution in [2.45, 2.75) is 25.8 Å². The van der Waals surface area contributed by atoms with E-state index in [0.717, 1.165) is 59.9 Å². The first kappa shape index (κ1) is 20.3. The van der Waals surface area contributed by atoms with E-state index in [4.69, 9.17) is 14.5 Å². The molecule has 0 amide bonds. The van der Waals surface area contributed by atoms with Crippen LogP contribution in [0, 0.1) is 0 Å². The van der Waals surface area contributed by atoms with Crippen LogP contribution in [0.1, 0.15) is 24.1 Å². The Bertz CT molecular complexity index is 787. The number of aliphatic imine (C=N–C) groups is 1. The lowest BCUT2D eigenvalue weighted by Gasteiger charge is -2.14. The Morgan fingerprint density at radius 3 is 2.75 bits per heavy atom. The molecule has 7 nitrogen and oxygen atoms in total. The summed E-state index contributed by atoms with van der Waals surface area (Å²) in [5, 5.41) is 9.99. The van der Waals surface area contributed by atoms with Gasteiger partial charge >= 0.3 is 0 Å². The maximum absolute atomic E-state index is 5.45. The number of nitrogens with zero attached hydrogens (tertiary/aromatic N) is 3. The first-order valence-electron chi connectivity index (χ1n) is 9.58. The number of methoxy groups -OCH3 is 2. The van der Waals surface area contributed by atoms with Gasteiger partial charge in [0.15, 0.2) is 11.1 Å². The molecule has 1 aliphatic rings. The molecule has 0 unspecified atom stereocenters. The first-order valence-corrected chi connectivity index (χ1v) is 10.5. The number of benzene rings is 1. The molecule has 28 heavy (non-hydrogen) atoms. The van der Waals surface area contributed by atoms with Crippen molar-refractivity contribution in [1.29, 1.82) is 0 Å². The fraction of sp³-hybridized carbons (Fsp3) is 0.500.